The number of rotatable bonds is 4. The van der Waals surface area contributed by atoms with Gasteiger partial charge >= 0.3 is 0 Å². The van der Waals surface area contributed by atoms with Crippen molar-refractivity contribution in [3.05, 3.63) is 48.0 Å². The number of allylic oxidation sites excluding steroid dienone is 1. The number of likely N-dealkylation sites (N-methyl/N-ethyl adjacent to an activating group) is 1. The van der Waals surface area contributed by atoms with Gasteiger partial charge in [0.2, 0.25) is 0 Å². The molecule has 0 spiro atoms. The second kappa shape index (κ2) is 9.32. The molecular formula is C17H25NO2. The van der Waals surface area contributed by atoms with Crippen molar-refractivity contribution in [3.63, 3.8) is 0 Å². The molecule has 2 atom stereocenters. The standard InChI is InChI=1S/C14H19N.C3H6O2/c1-15(2)14-11-7-6-10-13(14)12-8-4-3-5-9-12;1-2-5-3-4/h3-5,7-9,11,13-14H,6,10H2,1-2H3;3H,2H2,1H3/t13?,14-;/m1./s1. The topological polar surface area (TPSA) is 29.5 Å². The van der Waals surface area contributed by atoms with Crippen LogP contribution in [0.2, 0.25) is 0 Å². The number of hydrogen-bond donors (Lipinski definition) is 0. The Morgan fingerprint density at radius 2 is 2.00 bits per heavy atom. The highest BCUT2D eigenvalue weighted by molar-refractivity contribution is 5.36. The van der Waals surface area contributed by atoms with E-state index >= 15 is 0 Å². The molecule has 3 nitrogen and oxygen atoms in total. The highest BCUT2D eigenvalue weighted by Gasteiger charge is 2.24. The molecule has 1 aromatic rings. The molecule has 1 aliphatic carbocycles. The summed E-state index contributed by atoms with van der Waals surface area (Å²) < 4.78 is 4.15. The second-order valence-corrected chi connectivity index (χ2v) is 5.03. The van der Waals surface area contributed by atoms with E-state index in [4.69, 9.17) is 0 Å². The van der Waals surface area contributed by atoms with Gasteiger partial charge in [-0.3, -0.25) is 4.79 Å². The normalized spacial score (nSPS) is 21.0. The maximum atomic E-state index is 9.18. The van der Waals surface area contributed by atoms with Crippen LogP contribution in [-0.4, -0.2) is 38.1 Å². The molecule has 1 aliphatic rings. The van der Waals surface area contributed by atoms with E-state index in [0.29, 0.717) is 25.0 Å². The Hall–Kier alpha value is -1.61. The summed E-state index contributed by atoms with van der Waals surface area (Å²) in [5, 5.41) is 0. The zero-order valence-corrected chi connectivity index (χ0v) is 12.7. The summed E-state index contributed by atoms with van der Waals surface area (Å²) in [6.07, 6.45) is 7.14. The molecule has 0 radical (unpaired) electrons. The van der Waals surface area contributed by atoms with E-state index in [9.17, 15) is 4.79 Å². The third-order valence-corrected chi connectivity index (χ3v) is 3.45. The van der Waals surface area contributed by atoms with Crippen molar-refractivity contribution >= 4 is 6.47 Å². The molecule has 0 N–H and O–H groups in total. The summed E-state index contributed by atoms with van der Waals surface area (Å²) in [7, 11) is 4.33. The predicted octanol–water partition coefficient (Wildman–Crippen LogP) is 3.23. The Labute approximate surface area is 122 Å². The van der Waals surface area contributed by atoms with E-state index in [-0.39, 0.29) is 0 Å². The number of benzene rings is 1. The molecule has 0 saturated carbocycles. The lowest BCUT2D eigenvalue weighted by Crippen LogP contribution is -2.33. The van der Waals surface area contributed by atoms with Gasteiger partial charge in [0.25, 0.3) is 6.47 Å². The lowest BCUT2D eigenvalue weighted by Gasteiger charge is -2.33. The first-order valence-electron chi connectivity index (χ1n) is 7.14. The molecule has 2 rings (SSSR count). The Morgan fingerprint density at radius 3 is 2.50 bits per heavy atom. The van der Waals surface area contributed by atoms with Gasteiger partial charge in [-0.25, -0.2) is 0 Å². The number of carbonyl (C=O) groups is 1. The van der Waals surface area contributed by atoms with Crippen molar-refractivity contribution < 1.29 is 9.53 Å². The zero-order valence-electron chi connectivity index (χ0n) is 12.7. The average molecular weight is 275 g/mol. The summed E-state index contributed by atoms with van der Waals surface area (Å²) in [4.78, 5) is 11.5. The van der Waals surface area contributed by atoms with E-state index in [1.807, 2.05) is 0 Å². The van der Waals surface area contributed by atoms with Gasteiger partial charge in [-0.15, -0.1) is 0 Å². The van der Waals surface area contributed by atoms with Gasteiger partial charge in [0, 0.05) is 12.0 Å². The molecule has 3 heteroatoms. The first kappa shape index (κ1) is 16.4. The van der Waals surface area contributed by atoms with Crippen LogP contribution in [0.1, 0.15) is 31.2 Å². The van der Waals surface area contributed by atoms with Crippen LogP contribution in [0.5, 0.6) is 0 Å². The monoisotopic (exact) mass is 275 g/mol. The first-order valence-corrected chi connectivity index (χ1v) is 7.14. The minimum absolute atomic E-state index is 0.431. The number of hydrogen-bond acceptors (Lipinski definition) is 3. The molecule has 0 fully saturated rings. The van der Waals surface area contributed by atoms with Crippen LogP contribution in [-0.2, 0) is 9.53 Å². The Kier molecular flexibility index (Phi) is 7.66. The predicted molar refractivity (Wildman–Crippen MR) is 82.7 cm³/mol. The van der Waals surface area contributed by atoms with Crippen molar-refractivity contribution in [2.24, 2.45) is 0 Å². The smallest absolute Gasteiger partial charge is 0.293 e. The fraction of sp³-hybridized carbons (Fsp3) is 0.471. The van der Waals surface area contributed by atoms with Crippen molar-refractivity contribution in [1.82, 2.24) is 4.90 Å². The van der Waals surface area contributed by atoms with E-state index in [0.717, 1.165) is 0 Å². The van der Waals surface area contributed by atoms with Gasteiger partial charge in [0.15, 0.2) is 0 Å². The van der Waals surface area contributed by atoms with E-state index in [2.05, 4.69) is 66.2 Å². The van der Waals surface area contributed by atoms with Crippen LogP contribution in [0, 0.1) is 0 Å². The fourth-order valence-corrected chi connectivity index (χ4v) is 2.48. The molecule has 0 bridgehead atoms. The van der Waals surface area contributed by atoms with Gasteiger partial charge in [0.05, 0.1) is 6.61 Å². The van der Waals surface area contributed by atoms with Crippen LogP contribution >= 0.6 is 0 Å². The summed E-state index contributed by atoms with van der Waals surface area (Å²) in [5.74, 6) is 0.659. The van der Waals surface area contributed by atoms with Crippen molar-refractivity contribution in [1.29, 1.82) is 0 Å². The molecule has 0 aromatic heterocycles. The molecule has 0 amide bonds. The van der Waals surface area contributed by atoms with Gasteiger partial charge in [0.1, 0.15) is 0 Å². The minimum atomic E-state index is 0.431. The number of nitrogens with zero attached hydrogens (tertiary/aromatic N) is 1. The maximum Gasteiger partial charge on any atom is 0.293 e. The number of carbonyl (C=O) groups excluding carboxylic acids is 1. The fourth-order valence-electron chi connectivity index (χ4n) is 2.48. The third kappa shape index (κ3) is 5.17. The second-order valence-electron chi connectivity index (χ2n) is 5.03. The van der Waals surface area contributed by atoms with Gasteiger partial charge in [-0.1, -0.05) is 42.5 Å². The molecule has 110 valence electrons. The zero-order chi connectivity index (χ0) is 14.8. The lowest BCUT2D eigenvalue weighted by atomic mass is 9.83. The summed E-state index contributed by atoms with van der Waals surface area (Å²) >= 11 is 0. The molecule has 20 heavy (non-hydrogen) atoms. The summed E-state index contributed by atoms with van der Waals surface area (Å²) in [6.45, 7) is 2.66. The van der Waals surface area contributed by atoms with Crippen molar-refractivity contribution in [2.75, 3.05) is 20.7 Å². The summed E-state index contributed by atoms with van der Waals surface area (Å²) in [6, 6.07) is 11.4. The molecule has 0 heterocycles. The van der Waals surface area contributed by atoms with Gasteiger partial charge in [-0.05, 0) is 39.4 Å². The quantitative estimate of drug-likeness (QED) is 0.624. The first-order chi connectivity index (χ1) is 9.70. The van der Waals surface area contributed by atoms with Crippen LogP contribution in [0.15, 0.2) is 42.5 Å². The molecule has 0 aliphatic heterocycles. The maximum absolute atomic E-state index is 9.18. The average Bonchev–Trinajstić information content (AvgIpc) is 2.49. The van der Waals surface area contributed by atoms with Crippen molar-refractivity contribution in [2.45, 2.75) is 31.7 Å². The van der Waals surface area contributed by atoms with Gasteiger partial charge < -0.3 is 9.64 Å². The highest BCUT2D eigenvalue weighted by atomic mass is 16.5. The Morgan fingerprint density at radius 1 is 1.30 bits per heavy atom. The Bertz CT molecular complexity index is 401. The van der Waals surface area contributed by atoms with E-state index in [1.165, 1.54) is 18.4 Å². The minimum Gasteiger partial charge on any atom is -0.468 e. The largest absolute Gasteiger partial charge is 0.468 e. The SMILES string of the molecule is CCOC=O.CN(C)[C@@H]1C=CCCC1c1ccccc1. The van der Waals surface area contributed by atoms with E-state index in [1.54, 1.807) is 6.92 Å². The molecule has 1 unspecified atom stereocenters. The van der Waals surface area contributed by atoms with Crippen LogP contribution < -0.4 is 0 Å². The lowest BCUT2D eigenvalue weighted by molar-refractivity contribution is -0.128. The van der Waals surface area contributed by atoms with E-state index < -0.39 is 0 Å². The highest BCUT2D eigenvalue weighted by Crippen LogP contribution is 2.31. The van der Waals surface area contributed by atoms with Crippen LogP contribution in [0.4, 0.5) is 0 Å². The number of ether oxygens (including phenoxy) is 1. The van der Waals surface area contributed by atoms with Gasteiger partial charge in [-0.2, -0.15) is 0 Å². The van der Waals surface area contributed by atoms with Crippen LogP contribution in [0.25, 0.3) is 0 Å². The molecular weight excluding hydrogens is 250 g/mol. The summed E-state index contributed by atoms with van der Waals surface area (Å²) in [5.41, 5.74) is 1.47. The molecule has 1 aromatic carbocycles. The third-order valence-electron chi connectivity index (χ3n) is 3.45. The van der Waals surface area contributed by atoms with Crippen LogP contribution in [0.3, 0.4) is 0 Å². The molecule has 0 saturated heterocycles. The Balaban J connectivity index is 0.000000347. The van der Waals surface area contributed by atoms with Crippen molar-refractivity contribution in [3.8, 4) is 0 Å².